The smallest absolute Gasteiger partial charge is 0.193 e. The van der Waals surface area contributed by atoms with E-state index in [-0.39, 0.29) is 0 Å². The van der Waals surface area contributed by atoms with Crippen molar-refractivity contribution in [3.63, 3.8) is 0 Å². The maximum atomic E-state index is 4.57. The van der Waals surface area contributed by atoms with Crippen molar-refractivity contribution in [2.45, 2.75) is 75.4 Å². The molecule has 3 fully saturated rings. The number of aromatic nitrogens is 3. The monoisotopic (exact) mass is 404 g/mol. The molecule has 2 atom stereocenters. The Labute approximate surface area is 174 Å². The molecule has 3 aliphatic rings. The van der Waals surface area contributed by atoms with Crippen molar-refractivity contribution in [1.29, 1.82) is 0 Å². The number of thioether (sulfide) groups is 1. The van der Waals surface area contributed by atoms with E-state index in [1.54, 1.807) is 11.8 Å². The van der Waals surface area contributed by atoms with Crippen LogP contribution in [0.3, 0.4) is 0 Å². The van der Waals surface area contributed by atoms with Gasteiger partial charge in [-0.25, -0.2) is 0 Å². The third-order valence-electron chi connectivity index (χ3n) is 6.96. The molecular weight excluding hydrogens is 368 g/mol. The summed E-state index contributed by atoms with van der Waals surface area (Å²) < 4.78 is 2.43. The molecule has 2 aliphatic carbocycles. The van der Waals surface area contributed by atoms with E-state index < -0.39 is 0 Å². The third kappa shape index (κ3) is 4.34. The van der Waals surface area contributed by atoms with Crippen molar-refractivity contribution in [3.8, 4) is 0 Å². The minimum atomic E-state index is 0.612. The second kappa shape index (κ2) is 9.51. The normalized spacial score (nSPS) is 26.1. The van der Waals surface area contributed by atoms with Crippen LogP contribution < -0.4 is 5.32 Å². The molecule has 4 rings (SSSR count). The fourth-order valence-electron chi connectivity index (χ4n) is 5.50. The van der Waals surface area contributed by atoms with Gasteiger partial charge in [-0.2, -0.15) is 0 Å². The van der Waals surface area contributed by atoms with Crippen molar-refractivity contribution < 1.29 is 0 Å². The topological polar surface area (TPSA) is 58.3 Å². The van der Waals surface area contributed by atoms with Crippen LogP contribution in [0.4, 0.5) is 0 Å². The Morgan fingerprint density at radius 3 is 2.39 bits per heavy atom. The summed E-state index contributed by atoms with van der Waals surface area (Å²) >= 11 is 1.73. The molecule has 1 saturated heterocycles. The Kier molecular flexibility index (Phi) is 6.81. The highest BCUT2D eigenvalue weighted by Gasteiger charge is 2.35. The van der Waals surface area contributed by atoms with E-state index in [0.717, 1.165) is 42.3 Å². The lowest BCUT2D eigenvalue weighted by Crippen LogP contribution is -2.40. The average molecular weight is 405 g/mol. The van der Waals surface area contributed by atoms with Gasteiger partial charge in [-0.05, 0) is 50.2 Å². The first-order valence-electron chi connectivity index (χ1n) is 11.2. The number of likely N-dealkylation sites (tertiary alicyclic amines) is 1. The van der Waals surface area contributed by atoms with Gasteiger partial charge in [0.15, 0.2) is 11.1 Å². The van der Waals surface area contributed by atoms with Gasteiger partial charge in [0.1, 0.15) is 5.82 Å². The number of fused-ring (bicyclic) bond motifs is 1. The molecule has 1 aliphatic heterocycles. The first kappa shape index (κ1) is 20.0. The molecule has 0 aromatic carbocycles. The zero-order valence-corrected chi connectivity index (χ0v) is 18.4. The minimum absolute atomic E-state index is 0.612. The lowest BCUT2D eigenvalue weighted by Gasteiger charge is -2.22. The summed E-state index contributed by atoms with van der Waals surface area (Å²) in [6, 6.07) is 0.612. The predicted molar refractivity (Wildman–Crippen MR) is 116 cm³/mol. The lowest BCUT2D eigenvalue weighted by atomic mass is 9.82. The molecule has 2 unspecified atom stereocenters. The molecule has 2 saturated carbocycles. The maximum Gasteiger partial charge on any atom is 0.193 e. The Bertz CT molecular complexity index is 652. The summed E-state index contributed by atoms with van der Waals surface area (Å²) in [6.45, 7) is 3.33. The summed E-state index contributed by atoms with van der Waals surface area (Å²) in [4.78, 5) is 7.06. The number of nitrogens with one attached hydrogen (secondary N) is 1. The lowest BCUT2D eigenvalue weighted by molar-refractivity contribution is 0.299. The second-order valence-electron chi connectivity index (χ2n) is 8.70. The minimum Gasteiger partial charge on any atom is -0.356 e. The van der Waals surface area contributed by atoms with E-state index >= 15 is 0 Å². The molecule has 1 aromatic rings. The molecule has 1 N–H and O–H groups in total. The first-order chi connectivity index (χ1) is 13.8. The third-order valence-corrected chi connectivity index (χ3v) is 7.60. The van der Waals surface area contributed by atoms with Crippen LogP contribution in [0.1, 0.15) is 69.7 Å². The number of nitrogens with zero attached hydrogens (tertiary/aromatic N) is 5. The molecule has 7 heteroatoms. The summed E-state index contributed by atoms with van der Waals surface area (Å²) in [6.07, 6.45) is 15.1. The fraction of sp³-hybridized carbons (Fsp3) is 0.857. The van der Waals surface area contributed by atoms with Gasteiger partial charge in [0.2, 0.25) is 0 Å². The molecule has 0 radical (unpaired) electrons. The molecule has 2 heterocycles. The highest BCUT2D eigenvalue weighted by atomic mass is 32.2. The number of aliphatic imine (C=N–C) groups is 1. The first-order valence-corrected chi connectivity index (χ1v) is 12.5. The molecular formula is C21H36N6S. The second-order valence-corrected chi connectivity index (χ2v) is 9.47. The molecule has 0 spiro atoms. The van der Waals surface area contributed by atoms with Gasteiger partial charge in [0.25, 0.3) is 0 Å². The molecule has 6 nitrogen and oxygen atoms in total. The van der Waals surface area contributed by atoms with Crippen molar-refractivity contribution >= 4 is 17.7 Å². The van der Waals surface area contributed by atoms with Gasteiger partial charge in [0.05, 0.1) is 0 Å². The van der Waals surface area contributed by atoms with E-state index in [0.29, 0.717) is 6.04 Å². The Morgan fingerprint density at radius 1 is 1.07 bits per heavy atom. The average Bonchev–Trinajstić information content (AvgIpc) is 3.46. The number of rotatable bonds is 6. The number of hydrogen-bond donors (Lipinski definition) is 1. The summed E-state index contributed by atoms with van der Waals surface area (Å²) in [5, 5.41) is 13.7. The molecule has 0 amide bonds. The van der Waals surface area contributed by atoms with E-state index in [9.17, 15) is 0 Å². The van der Waals surface area contributed by atoms with Crippen molar-refractivity contribution in [3.05, 3.63) is 5.82 Å². The van der Waals surface area contributed by atoms with E-state index in [1.807, 2.05) is 7.05 Å². The Balaban J connectivity index is 1.28. The Morgan fingerprint density at radius 2 is 1.75 bits per heavy atom. The van der Waals surface area contributed by atoms with Gasteiger partial charge in [-0.15, -0.1) is 10.2 Å². The Hall–Kier alpha value is -1.24. The highest BCUT2D eigenvalue weighted by Crippen LogP contribution is 2.36. The van der Waals surface area contributed by atoms with E-state index in [4.69, 9.17) is 0 Å². The van der Waals surface area contributed by atoms with Crippen LogP contribution in [-0.2, 0) is 6.42 Å². The van der Waals surface area contributed by atoms with Crippen molar-refractivity contribution in [2.24, 2.45) is 16.8 Å². The van der Waals surface area contributed by atoms with E-state index in [2.05, 4.69) is 36.2 Å². The SMILES string of the molecule is CN=C(NCCCc1nnc(SC)n1C1CCCC1)N1CC2CCCCC2C1. The number of hydrogen-bond acceptors (Lipinski definition) is 4. The van der Waals surface area contributed by atoms with Crippen molar-refractivity contribution in [1.82, 2.24) is 25.0 Å². The predicted octanol–water partition coefficient (Wildman–Crippen LogP) is 3.75. The van der Waals surface area contributed by atoms with Gasteiger partial charge < -0.3 is 14.8 Å². The number of aryl methyl sites for hydroxylation is 1. The van der Waals surface area contributed by atoms with Crippen LogP contribution >= 0.6 is 11.8 Å². The fourth-order valence-corrected chi connectivity index (χ4v) is 6.08. The van der Waals surface area contributed by atoms with Crippen LogP contribution in [0.2, 0.25) is 0 Å². The van der Waals surface area contributed by atoms with Crippen LogP contribution in [-0.4, -0.2) is 58.6 Å². The van der Waals surface area contributed by atoms with Gasteiger partial charge in [-0.1, -0.05) is 37.4 Å². The van der Waals surface area contributed by atoms with Gasteiger partial charge in [-0.3, -0.25) is 4.99 Å². The summed E-state index contributed by atoms with van der Waals surface area (Å²) in [5.41, 5.74) is 0. The zero-order chi connectivity index (χ0) is 19.3. The zero-order valence-electron chi connectivity index (χ0n) is 17.6. The summed E-state index contributed by atoms with van der Waals surface area (Å²) in [5.74, 6) is 4.04. The van der Waals surface area contributed by atoms with Crippen molar-refractivity contribution in [2.75, 3.05) is 32.9 Å². The molecule has 28 heavy (non-hydrogen) atoms. The largest absolute Gasteiger partial charge is 0.356 e. The quantitative estimate of drug-likeness (QED) is 0.339. The van der Waals surface area contributed by atoms with Crippen LogP contribution in [0, 0.1) is 11.8 Å². The standard InChI is InChI=1S/C21H36N6S/c1-22-20(26-14-16-8-3-4-9-17(16)15-26)23-13-7-12-19-24-25-21(28-2)27(19)18-10-5-6-11-18/h16-18H,3-15H2,1-2H3,(H,22,23). The highest BCUT2D eigenvalue weighted by molar-refractivity contribution is 7.98. The van der Waals surface area contributed by atoms with Gasteiger partial charge >= 0.3 is 0 Å². The van der Waals surface area contributed by atoms with Crippen LogP contribution in [0.5, 0.6) is 0 Å². The van der Waals surface area contributed by atoms with Crippen LogP contribution in [0.15, 0.2) is 10.1 Å². The van der Waals surface area contributed by atoms with E-state index in [1.165, 1.54) is 70.3 Å². The number of guanidine groups is 1. The van der Waals surface area contributed by atoms with Crippen LogP contribution in [0.25, 0.3) is 0 Å². The molecule has 0 bridgehead atoms. The maximum absolute atomic E-state index is 4.57. The molecule has 156 valence electrons. The van der Waals surface area contributed by atoms with Gasteiger partial charge in [0, 0.05) is 39.1 Å². The summed E-state index contributed by atoms with van der Waals surface area (Å²) in [7, 11) is 1.92. The molecule has 1 aromatic heterocycles.